The maximum atomic E-state index is 15.2. The molecule has 0 aliphatic carbocycles. The minimum Gasteiger partial charge on any atom is -0.434 e. The van der Waals surface area contributed by atoms with Crippen LogP contribution in [0.15, 0.2) is 48.5 Å². The Morgan fingerprint density at radius 1 is 1.11 bits per heavy atom. The van der Waals surface area contributed by atoms with E-state index in [1.165, 1.54) is 49.7 Å². The van der Waals surface area contributed by atoms with Crippen LogP contribution < -0.4 is 10.0 Å². The molecule has 1 aromatic heterocycles. The fourth-order valence-electron chi connectivity index (χ4n) is 5.41. The van der Waals surface area contributed by atoms with Crippen molar-refractivity contribution < 1.29 is 35.8 Å². The topological polar surface area (TPSA) is 64.4 Å². The number of rotatable bonds is 4. The molecule has 2 aliphatic heterocycles. The van der Waals surface area contributed by atoms with Crippen LogP contribution in [-0.4, -0.2) is 47.3 Å². The molecule has 2 bridgehead atoms. The Balaban J connectivity index is 1.60. The van der Waals surface area contributed by atoms with Gasteiger partial charge in [0.15, 0.2) is 0 Å². The summed E-state index contributed by atoms with van der Waals surface area (Å²) in [7, 11) is -2.95. The van der Waals surface area contributed by atoms with Gasteiger partial charge >= 0.3 is 6.61 Å². The second-order valence-electron chi connectivity index (χ2n) is 9.72. The molecule has 6 nitrogen and oxygen atoms in total. The van der Waals surface area contributed by atoms with E-state index in [1.807, 2.05) is 0 Å². The molecule has 2 atom stereocenters. The van der Waals surface area contributed by atoms with Crippen molar-refractivity contribution in [3.05, 3.63) is 77.1 Å². The number of alkyl halides is 2. The van der Waals surface area contributed by atoms with Crippen LogP contribution in [0.4, 0.5) is 17.6 Å². The molecule has 38 heavy (non-hydrogen) atoms. The van der Waals surface area contributed by atoms with E-state index in [-0.39, 0.29) is 45.6 Å². The number of benzene rings is 3. The van der Waals surface area contributed by atoms with Gasteiger partial charge in [-0.3, -0.25) is 4.79 Å². The second kappa shape index (κ2) is 8.43. The summed E-state index contributed by atoms with van der Waals surface area (Å²) >= 11 is 0. The van der Waals surface area contributed by atoms with Crippen molar-refractivity contribution in [2.24, 2.45) is 0 Å². The van der Waals surface area contributed by atoms with Crippen LogP contribution in [0.25, 0.3) is 22.2 Å². The maximum Gasteiger partial charge on any atom is 0.387 e. The van der Waals surface area contributed by atoms with Crippen LogP contribution in [0.3, 0.4) is 0 Å². The van der Waals surface area contributed by atoms with Crippen LogP contribution in [0.2, 0.25) is 0 Å². The second-order valence-corrected chi connectivity index (χ2v) is 12.9. The van der Waals surface area contributed by atoms with Gasteiger partial charge in [-0.1, -0.05) is 12.1 Å². The summed E-state index contributed by atoms with van der Waals surface area (Å²) in [6.07, 6.45) is 0.00292. The highest BCUT2D eigenvalue weighted by Crippen LogP contribution is 2.50. The Morgan fingerprint density at radius 3 is 2.50 bits per heavy atom. The van der Waals surface area contributed by atoms with Crippen LogP contribution >= 0.6 is 7.14 Å². The average Bonchev–Trinajstić information content (AvgIpc) is 3.35. The number of hydrogen-bond donors (Lipinski definition) is 0. The first-order valence-corrected chi connectivity index (χ1v) is 14.2. The minimum atomic E-state index is -3.21. The number of amides is 1. The molecule has 3 aromatic carbocycles. The summed E-state index contributed by atoms with van der Waals surface area (Å²) < 4.78 is 100. The van der Waals surface area contributed by atoms with E-state index in [1.54, 1.807) is 4.57 Å². The molecule has 2 aliphatic rings. The first kappa shape index (κ1) is 21.3. The Kier molecular flexibility index (Phi) is 4.72. The van der Waals surface area contributed by atoms with Crippen molar-refractivity contribution in [2.75, 3.05) is 20.3 Å². The third-order valence-corrected chi connectivity index (χ3v) is 8.59. The van der Waals surface area contributed by atoms with Crippen molar-refractivity contribution in [1.29, 1.82) is 0 Å². The summed E-state index contributed by atoms with van der Waals surface area (Å²) in [6, 6.07) is 8.55. The molecular formula is C27H22F4N3O3P. The number of fused-ring (bicyclic) bond motifs is 9. The highest BCUT2D eigenvalue weighted by molar-refractivity contribution is 7.70. The van der Waals surface area contributed by atoms with Gasteiger partial charge in [-0.05, 0) is 55.3 Å². The van der Waals surface area contributed by atoms with Gasteiger partial charge in [-0.15, -0.1) is 0 Å². The number of carbonyl (C=O) groups excluding carboxylic acids is 1. The molecular weight excluding hydrogens is 521 g/mol. The summed E-state index contributed by atoms with van der Waals surface area (Å²) in [5, 5.41) is 0.0465. The summed E-state index contributed by atoms with van der Waals surface area (Å²) in [5.41, 5.74) is 0.426. The molecule has 0 radical (unpaired) electrons. The Labute approximate surface area is 219 Å². The monoisotopic (exact) mass is 546 g/mol. The van der Waals surface area contributed by atoms with E-state index >= 15 is 8.78 Å². The third kappa shape index (κ3) is 3.65. The standard InChI is InChI=1S/C27H22F4N3O3P/c1-33-21-12-20(24-15(26(33)35)5-4-6-22(24)37-27(30)31)34-19-9-13(7-8-18(19)32-25(21)34)23-16(28)10-14(11-17(23)29)38(2,3)36/h4-11,20-21,27H,12H2,1-3H3/t20-,21-/m1/s1/i1D3. The molecule has 0 N–H and O–H groups in total. The lowest BCUT2D eigenvalue weighted by Gasteiger charge is -2.24. The van der Waals surface area contributed by atoms with Crippen molar-refractivity contribution >= 4 is 29.4 Å². The van der Waals surface area contributed by atoms with Gasteiger partial charge in [0.25, 0.3) is 5.91 Å². The first-order chi connectivity index (χ1) is 19.2. The summed E-state index contributed by atoms with van der Waals surface area (Å²) in [5.74, 6) is -2.81. The smallest absolute Gasteiger partial charge is 0.387 e. The molecule has 11 heteroatoms. The van der Waals surface area contributed by atoms with E-state index in [0.29, 0.717) is 11.0 Å². The molecule has 196 valence electrons. The van der Waals surface area contributed by atoms with Gasteiger partial charge < -0.3 is 18.8 Å². The lowest BCUT2D eigenvalue weighted by atomic mass is 9.97. The number of nitrogens with zero attached hydrogens (tertiary/aromatic N) is 3. The predicted molar refractivity (Wildman–Crippen MR) is 135 cm³/mol. The van der Waals surface area contributed by atoms with Gasteiger partial charge in [-0.2, -0.15) is 8.78 Å². The minimum absolute atomic E-state index is 0.00292. The van der Waals surface area contributed by atoms with Crippen molar-refractivity contribution in [1.82, 2.24) is 14.5 Å². The third-order valence-electron chi connectivity index (χ3n) is 7.09. The zero-order valence-corrected chi connectivity index (χ0v) is 21.0. The van der Waals surface area contributed by atoms with Crippen molar-refractivity contribution in [3.63, 3.8) is 0 Å². The van der Waals surface area contributed by atoms with E-state index in [0.717, 1.165) is 17.0 Å². The molecule has 0 spiro atoms. The molecule has 4 aromatic rings. The number of hydrogen-bond acceptors (Lipinski definition) is 4. The van der Waals surface area contributed by atoms with E-state index in [2.05, 4.69) is 4.98 Å². The van der Waals surface area contributed by atoms with E-state index in [9.17, 15) is 18.1 Å². The zero-order chi connectivity index (χ0) is 29.6. The Hall–Kier alpha value is -3.65. The summed E-state index contributed by atoms with van der Waals surface area (Å²) in [4.78, 5) is 18.8. The van der Waals surface area contributed by atoms with Gasteiger partial charge in [0, 0.05) is 33.9 Å². The molecule has 0 unspecified atom stereocenters. The largest absolute Gasteiger partial charge is 0.434 e. The van der Waals surface area contributed by atoms with E-state index < -0.39 is 50.4 Å². The number of imidazole rings is 1. The molecule has 0 saturated heterocycles. The first-order valence-electron chi connectivity index (χ1n) is 13.1. The quantitative estimate of drug-likeness (QED) is 0.235. The Morgan fingerprint density at radius 2 is 1.84 bits per heavy atom. The molecule has 1 amide bonds. The van der Waals surface area contributed by atoms with Gasteiger partial charge in [0.1, 0.15) is 30.4 Å². The fraction of sp³-hybridized carbons (Fsp3) is 0.259. The zero-order valence-electron chi connectivity index (χ0n) is 23.1. The average molecular weight is 546 g/mol. The molecule has 0 saturated carbocycles. The van der Waals surface area contributed by atoms with Crippen LogP contribution in [0.5, 0.6) is 5.75 Å². The molecule has 3 heterocycles. The number of carbonyl (C=O) groups is 1. The molecule has 0 fully saturated rings. The number of ether oxygens (including phenoxy) is 1. The summed E-state index contributed by atoms with van der Waals surface area (Å²) in [6.45, 7) is -3.30. The predicted octanol–water partition coefficient (Wildman–Crippen LogP) is 5.95. The number of halogens is 4. The van der Waals surface area contributed by atoms with Crippen LogP contribution in [0, 0.1) is 11.6 Å². The lowest BCUT2D eigenvalue weighted by Crippen LogP contribution is -2.30. The van der Waals surface area contributed by atoms with Gasteiger partial charge in [0.2, 0.25) is 0 Å². The normalized spacial score (nSPS) is 20.1. The highest BCUT2D eigenvalue weighted by Gasteiger charge is 2.45. The lowest BCUT2D eigenvalue weighted by molar-refractivity contribution is -0.0507. The van der Waals surface area contributed by atoms with Crippen molar-refractivity contribution in [3.8, 4) is 16.9 Å². The van der Waals surface area contributed by atoms with Crippen molar-refractivity contribution in [2.45, 2.75) is 25.1 Å². The van der Waals surface area contributed by atoms with Gasteiger partial charge in [0.05, 0.1) is 28.7 Å². The maximum absolute atomic E-state index is 15.2. The Bertz CT molecular complexity index is 1780. The van der Waals surface area contributed by atoms with E-state index in [4.69, 9.17) is 8.85 Å². The highest BCUT2D eigenvalue weighted by atomic mass is 31.2. The van der Waals surface area contributed by atoms with Gasteiger partial charge in [-0.25, -0.2) is 13.8 Å². The fourth-order valence-corrected chi connectivity index (χ4v) is 6.26. The number of aromatic nitrogens is 2. The van der Waals surface area contributed by atoms with Crippen LogP contribution in [-0.2, 0) is 4.57 Å². The SMILES string of the molecule is [2H]C([2H])([2H])N1C(=O)c2cccc(OC(F)F)c2[C@H]2C[C@@H]1c1nc3ccc(-c4c(F)cc(P(C)(C)=O)cc4F)cc3n12. The molecule has 6 rings (SSSR count). The van der Waals surface area contributed by atoms with Crippen LogP contribution in [0.1, 0.15) is 44.4 Å².